The first-order chi connectivity index (χ1) is 15.2. The zero-order chi connectivity index (χ0) is 21.6. The Bertz CT molecular complexity index is 1150. The molecule has 0 aliphatic rings. The molecule has 0 radical (unpaired) electrons. The first kappa shape index (κ1) is 20.8. The van der Waals surface area contributed by atoms with Gasteiger partial charge in [0.1, 0.15) is 17.7 Å². The minimum atomic E-state index is -0.341. The van der Waals surface area contributed by atoms with Gasteiger partial charge in [-0.3, -0.25) is 4.79 Å². The van der Waals surface area contributed by atoms with Crippen LogP contribution in [-0.4, -0.2) is 29.0 Å². The molecular weight excluding hydrogens is 388 g/mol. The summed E-state index contributed by atoms with van der Waals surface area (Å²) in [5.41, 5.74) is 4.41. The molecule has 0 fully saturated rings. The Morgan fingerprint density at radius 3 is 2.45 bits per heavy atom. The number of H-pyrrole nitrogens is 1. The molecule has 0 saturated heterocycles. The van der Waals surface area contributed by atoms with Gasteiger partial charge in [0.05, 0.1) is 17.6 Å². The van der Waals surface area contributed by atoms with Crippen LogP contribution in [0.25, 0.3) is 11.0 Å². The van der Waals surface area contributed by atoms with Gasteiger partial charge in [-0.15, -0.1) is 0 Å². The molecule has 31 heavy (non-hydrogen) atoms. The Kier molecular flexibility index (Phi) is 6.43. The number of carbonyl (C=O) groups is 1. The summed E-state index contributed by atoms with van der Waals surface area (Å²) in [7, 11) is 0. The number of Topliss-reactive ketones (excluding diaryl/α,β-unsaturated/α-hetero) is 1. The largest absolute Gasteiger partial charge is 0.494 e. The number of aromatic nitrogens is 2. The second-order valence-corrected chi connectivity index (χ2v) is 7.28. The maximum atomic E-state index is 12.6. The maximum absolute atomic E-state index is 12.6. The lowest BCUT2D eigenvalue weighted by molar-refractivity contribution is 0.0859. The van der Waals surface area contributed by atoms with Gasteiger partial charge >= 0.3 is 0 Å². The third-order valence-corrected chi connectivity index (χ3v) is 5.11. The number of nitrogens with one attached hydrogen (secondary N) is 1. The highest BCUT2D eigenvalue weighted by atomic mass is 16.5. The number of ketones is 1. The van der Waals surface area contributed by atoms with Gasteiger partial charge in [-0.25, -0.2) is 4.98 Å². The van der Waals surface area contributed by atoms with Crippen LogP contribution < -0.4 is 4.74 Å². The molecule has 0 spiro atoms. The van der Waals surface area contributed by atoms with Crippen molar-refractivity contribution in [2.45, 2.75) is 26.4 Å². The van der Waals surface area contributed by atoms with E-state index in [9.17, 15) is 4.79 Å². The van der Waals surface area contributed by atoms with Crippen LogP contribution in [-0.2, 0) is 11.2 Å². The van der Waals surface area contributed by atoms with E-state index in [-0.39, 0.29) is 11.9 Å². The van der Waals surface area contributed by atoms with Gasteiger partial charge in [-0.05, 0) is 37.1 Å². The fourth-order valence-corrected chi connectivity index (χ4v) is 3.62. The lowest BCUT2D eigenvalue weighted by Crippen LogP contribution is -2.09. The van der Waals surface area contributed by atoms with E-state index in [2.05, 4.69) is 4.98 Å². The Balaban J connectivity index is 1.56. The summed E-state index contributed by atoms with van der Waals surface area (Å²) in [5, 5.41) is 0. The number of imidazole rings is 1. The van der Waals surface area contributed by atoms with E-state index in [1.807, 2.05) is 86.6 Å². The van der Waals surface area contributed by atoms with Gasteiger partial charge in [0.2, 0.25) is 0 Å². The van der Waals surface area contributed by atoms with Gasteiger partial charge in [0.25, 0.3) is 0 Å². The second-order valence-electron chi connectivity index (χ2n) is 7.28. The summed E-state index contributed by atoms with van der Waals surface area (Å²) in [6.07, 6.45) is 0.0482. The predicted octanol–water partition coefficient (Wildman–Crippen LogP) is 5.51. The summed E-state index contributed by atoms with van der Waals surface area (Å²) in [5.74, 6) is 1.63. The number of aromatic amines is 1. The lowest BCUT2D eigenvalue weighted by atomic mass is 10.0. The lowest BCUT2D eigenvalue weighted by Gasteiger charge is -2.15. The molecule has 4 aromatic rings. The van der Waals surface area contributed by atoms with Crippen molar-refractivity contribution in [3.8, 4) is 5.75 Å². The smallest absolute Gasteiger partial charge is 0.167 e. The quantitative estimate of drug-likeness (QED) is 0.367. The van der Waals surface area contributed by atoms with Gasteiger partial charge in [-0.1, -0.05) is 54.6 Å². The molecule has 0 bridgehead atoms. The Labute approximate surface area is 182 Å². The van der Waals surface area contributed by atoms with Crippen LogP contribution in [0.5, 0.6) is 5.75 Å². The number of carbonyl (C=O) groups excluding carboxylic acids is 1. The topological polar surface area (TPSA) is 64.2 Å². The number of nitrogens with zero attached hydrogens (tertiary/aromatic N) is 1. The summed E-state index contributed by atoms with van der Waals surface area (Å²) in [6.45, 7) is 5.08. The average molecular weight is 415 g/mol. The molecule has 5 nitrogen and oxygen atoms in total. The highest BCUT2D eigenvalue weighted by Gasteiger charge is 2.19. The number of benzene rings is 3. The van der Waals surface area contributed by atoms with Crippen molar-refractivity contribution in [3.63, 3.8) is 0 Å². The van der Waals surface area contributed by atoms with Gasteiger partial charge in [0, 0.05) is 24.7 Å². The monoisotopic (exact) mass is 414 g/mol. The second kappa shape index (κ2) is 9.58. The van der Waals surface area contributed by atoms with Crippen LogP contribution in [0.3, 0.4) is 0 Å². The van der Waals surface area contributed by atoms with Gasteiger partial charge in [0.15, 0.2) is 5.78 Å². The Morgan fingerprint density at radius 1 is 0.968 bits per heavy atom. The highest BCUT2D eigenvalue weighted by molar-refractivity contribution is 5.97. The summed E-state index contributed by atoms with van der Waals surface area (Å²) < 4.78 is 11.6. The molecule has 4 rings (SSSR count). The van der Waals surface area contributed by atoms with E-state index < -0.39 is 0 Å². The normalized spacial score (nSPS) is 12.1. The number of hydrogen-bond acceptors (Lipinski definition) is 4. The Hall–Kier alpha value is -3.44. The van der Waals surface area contributed by atoms with Crippen molar-refractivity contribution in [3.05, 3.63) is 95.3 Å². The minimum Gasteiger partial charge on any atom is -0.494 e. The molecule has 158 valence electrons. The zero-order valence-electron chi connectivity index (χ0n) is 17.8. The van der Waals surface area contributed by atoms with E-state index in [4.69, 9.17) is 14.5 Å². The van der Waals surface area contributed by atoms with Crippen molar-refractivity contribution >= 4 is 16.8 Å². The molecule has 1 atom stereocenters. The maximum Gasteiger partial charge on any atom is 0.167 e. The standard InChI is InChI=1S/C26H26N2O3/c1-3-30-21-14-15-22-23(17-21)28-26(27-22)25(31-4-2)20-12-10-19(11-13-20)24(29)16-18-8-6-5-7-9-18/h5-15,17,25H,3-4,16H2,1-2H3,(H,27,28). The summed E-state index contributed by atoms with van der Waals surface area (Å²) in [6, 6.07) is 23.2. The average Bonchev–Trinajstić information content (AvgIpc) is 3.21. The van der Waals surface area contributed by atoms with Gasteiger partial charge in [-0.2, -0.15) is 0 Å². The molecule has 1 aromatic heterocycles. The van der Waals surface area contributed by atoms with Crippen molar-refractivity contribution in [1.29, 1.82) is 0 Å². The highest BCUT2D eigenvalue weighted by Crippen LogP contribution is 2.28. The molecule has 3 aromatic carbocycles. The summed E-state index contributed by atoms with van der Waals surface area (Å²) in [4.78, 5) is 20.7. The molecule has 0 amide bonds. The summed E-state index contributed by atoms with van der Waals surface area (Å²) >= 11 is 0. The molecule has 5 heteroatoms. The van der Waals surface area contributed by atoms with E-state index in [0.29, 0.717) is 25.2 Å². The van der Waals surface area contributed by atoms with Crippen LogP contribution in [0.1, 0.15) is 47.3 Å². The first-order valence-electron chi connectivity index (χ1n) is 10.6. The van der Waals surface area contributed by atoms with Crippen molar-refractivity contribution < 1.29 is 14.3 Å². The van der Waals surface area contributed by atoms with E-state index in [1.165, 1.54) is 0 Å². The molecule has 0 aliphatic heterocycles. The van der Waals surface area contributed by atoms with Crippen molar-refractivity contribution in [1.82, 2.24) is 9.97 Å². The molecule has 1 N–H and O–H groups in total. The fourth-order valence-electron chi connectivity index (χ4n) is 3.62. The third kappa shape index (κ3) is 4.84. The van der Waals surface area contributed by atoms with Crippen molar-refractivity contribution in [2.24, 2.45) is 0 Å². The van der Waals surface area contributed by atoms with E-state index >= 15 is 0 Å². The third-order valence-electron chi connectivity index (χ3n) is 5.11. The zero-order valence-corrected chi connectivity index (χ0v) is 17.8. The van der Waals surface area contributed by atoms with E-state index in [1.54, 1.807) is 0 Å². The number of hydrogen-bond donors (Lipinski definition) is 1. The SMILES string of the molecule is CCOc1ccc2nc(C(OCC)c3ccc(C(=O)Cc4ccccc4)cc3)[nH]c2c1. The van der Waals surface area contributed by atoms with Crippen LogP contribution in [0.4, 0.5) is 0 Å². The minimum absolute atomic E-state index is 0.0953. The predicted molar refractivity (Wildman–Crippen MR) is 122 cm³/mol. The van der Waals surface area contributed by atoms with Crippen LogP contribution >= 0.6 is 0 Å². The van der Waals surface area contributed by atoms with Crippen LogP contribution in [0, 0.1) is 0 Å². The fraction of sp³-hybridized carbons (Fsp3) is 0.231. The van der Waals surface area contributed by atoms with E-state index in [0.717, 1.165) is 33.7 Å². The molecule has 1 heterocycles. The van der Waals surface area contributed by atoms with Crippen LogP contribution in [0.2, 0.25) is 0 Å². The van der Waals surface area contributed by atoms with Crippen molar-refractivity contribution in [2.75, 3.05) is 13.2 Å². The number of rotatable bonds is 9. The molecular formula is C26H26N2O3. The molecule has 1 unspecified atom stereocenters. The number of ether oxygens (including phenoxy) is 2. The Morgan fingerprint density at radius 2 is 1.74 bits per heavy atom. The molecule has 0 saturated carbocycles. The van der Waals surface area contributed by atoms with Gasteiger partial charge < -0.3 is 14.5 Å². The first-order valence-corrected chi connectivity index (χ1v) is 10.6. The van der Waals surface area contributed by atoms with Crippen LogP contribution in [0.15, 0.2) is 72.8 Å². The molecule has 0 aliphatic carbocycles. The number of fused-ring (bicyclic) bond motifs is 1.